The molecule has 1 aromatic rings. The smallest absolute Gasteiger partial charge is 0.315 e. The number of carbonyl (C=O) groups excluding carboxylic acids is 1. The fourth-order valence-corrected chi connectivity index (χ4v) is 1.39. The molecule has 0 unspecified atom stereocenters. The van der Waals surface area contributed by atoms with Gasteiger partial charge in [-0.2, -0.15) is 0 Å². The fraction of sp³-hybridized carbons (Fsp3) is 0.364. The molecule has 0 atom stereocenters. The maximum Gasteiger partial charge on any atom is 0.315 e. The van der Waals surface area contributed by atoms with E-state index >= 15 is 0 Å². The van der Waals surface area contributed by atoms with Crippen LogP contribution in [0.15, 0.2) is 24.3 Å². The summed E-state index contributed by atoms with van der Waals surface area (Å²) in [5.41, 5.74) is 6.21. The zero-order valence-electron chi connectivity index (χ0n) is 9.00. The molecule has 4 N–H and O–H groups in total. The van der Waals surface area contributed by atoms with Crippen LogP contribution in [0.2, 0.25) is 5.02 Å². The number of nitrogens with two attached hydrogens (primary N) is 1. The summed E-state index contributed by atoms with van der Waals surface area (Å²) < 4.78 is 0. The third kappa shape index (κ3) is 4.51. The fourth-order valence-electron chi connectivity index (χ4n) is 1.18. The van der Waals surface area contributed by atoms with E-state index < -0.39 is 0 Å². The minimum atomic E-state index is -0.201. The Bertz CT molecular complexity index is 344. The van der Waals surface area contributed by atoms with Gasteiger partial charge in [-0.3, -0.25) is 0 Å². The van der Waals surface area contributed by atoms with Crippen LogP contribution >= 0.6 is 11.6 Å². The Balaban J connectivity index is 2.29. The Hall–Kier alpha value is -1.26. The molecule has 0 bridgehead atoms. The second-order valence-corrected chi connectivity index (χ2v) is 3.75. The summed E-state index contributed by atoms with van der Waals surface area (Å²) in [6.45, 7) is 1.59. The van der Waals surface area contributed by atoms with Crippen molar-refractivity contribution in [2.45, 2.75) is 13.0 Å². The van der Waals surface area contributed by atoms with Gasteiger partial charge in [0.25, 0.3) is 0 Å². The predicted octanol–water partition coefficient (Wildman–Crippen LogP) is 1.49. The number of hydrogen-bond acceptors (Lipinski definition) is 2. The molecule has 16 heavy (non-hydrogen) atoms. The van der Waals surface area contributed by atoms with Crippen molar-refractivity contribution in [1.82, 2.24) is 10.6 Å². The van der Waals surface area contributed by atoms with Gasteiger partial charge in [0.05, 0.1) is 0 Å². The van der Waals surface area contributed by atoms with Crippen LogP contribution in [0, 0.1) is 0 Å². The summed E-state index contributed by atoms with van der Waals surface area (Å²) in [5.74, 6) is 0. The first-order valence-electron chi connectivity index (χ1n) is 5.19. The zero-order valence-corrected chi connectivity index (χ0v) is 9.76. The minimum Gasteiger partial charge on any atom is -0.338 e. The second-order valence-electron chi connectivity index (χ2n) is 3.34. The highest BCUT2D eigenvalue weighted by molar-refractivity contribution is 6.31. The van der Waals surface area contributed by atoms with E-state index in [0.717, 1.165) is 12.0 Å². The molecule has 0 heterocycles. The maximum absolute atomic E-state index is 11.3. The van der Waals surface area contributed by atoms with Crippen molar-refractivity contribution in [3.05, 3.63) is 34.9 Å². The number of hydrogen-bond donors (Lipinski definition) is 3. The molecule has 2 amide bonds. The van der Waals surface area contributed by atoms with Crippen LogP contribution in [0.4, 0.5) is 4.79 Å². The zero-order chi connectivity index (χ0) is 11.8. The van der Waals surface area contributed by atoms with Crippen LogP contribution in [0.25, 0.3) is 0 Å². The molecule has 1 aromatic carbocycles. The average molecular weight is 242 g/mol. The Morgan fingerprint density at radius 1 is 1.31 bits per heavy atom. The molecule has 0 aliphatic heterocycles. The van der Waals surface area contributed by atoms with E-state index in [4.69, 9.17) is 17.3 Å². The van der Waals surface area contributed by atoms with Crippen molar-refractivity contribution in [1.29, 1.82) is 0 Å². The van der Waals surface area contributed by atoms with Crippen LogP contribution in [-0.2, 0) is 6.54 Å². The third-order valence-corrected chi connectivity index (χ3v) is 2.43. The topological polar surface area (TPSA) is 67.1 Å². The van der Waals surface area contributed by atoms with Crippen LogP contribution < -0.4 is 16.4 Å². The number of halogens is 1. The van der Waals surface area contributed by atoms with Gasteiger partial charge in [-0.25, -0.2) is 4.79 Å². The van der Waals surface area contributed by atoms with Crippen molar-refractivity contribution in [2.75, 3.05) is 13.1 Å². The van der Waals surface area contributed by atoms with E-state index in [1.807, 2.05) is 18.2 Å². The molecule has 0 saturated heterocycles. The molecule has 0 aliphatic carbocycles. The number of carbonyl (C=O) groups is 1. The van der Waals surface area contributed by atoms with Gasteiger partial charge >= 0.3 is 6.03 Å². The predicted molar refractivity (Wildman–Crippen MR) is 65.4 cm³/mol. The van der Waals surface area contributed by atoms with E-state index in [1.165, 1.54) is 0 Å². The highest BCUT2D eigenvalue weighted by Gasteiger charge is 2.01. The molecule has 0 aromatic heterocycles. The first-order valence-corrected chi connectivity index (χ1v) is 5.57. The average Bonchev–Trinajstić information content (AvgIpc) is 2.28. The maximum atomic E-state index is 11.3. The molecule has 4 nitrogen and oxygen atoms in total. The van der Waals surface area contributed by atoms with Gasteiger partial charge in [0.15, 0.2) is 0 Å². The van der Waals surface area contributed by atoms with Crippen molar-refractivity contribution in [3.8, 4) is 0 Å². The largest absolute Gasteiger partial charge is 0.338 e. The van der Waals surface area contributed by atoms with Crippen molar-refractivity contribution < 1.29 is 4.79 Å². The lowest BCUT2D eigenvalue weighted by atomic mass is 10.2. The number of nitrogens with one attached hydrogen (secondary N) is 2. The molecule has 0 radical (unpaired) electrons. The van der Waals surface area contributed by atoms with Crippen molar-refractivity contribution >= 4 is 17.6 Å². The lowest BCUT2D eigenvalue weighted by Crippen LogP contribution is -2.36. The standard InChI is InChI=1S/C11H16ClN3O/c12-10-5-2-1-4-9(10)8-15-11(16)14-7-3-6-13/h1-2,4-5H,3,6-8,13H2,(H2,14,15,16). The Morgan fingerprint density at radius 2 is 2.06 bits per heavy atom. The molecule has 0 fully saturated rings. The third-order valence-electron chi connectivity index (χ3n) is 2.06. The van der Waals surface area contributed by atoms with Gasteiger partial charge in [-0.1, -0.05) is 29.8 Å². The summed E-state index contributed by atoms with van der Waals surface area (Å²) >= 11 is 5.95. The Labute approximate surface area is 100 Å². The minimum absolute atomic E-state index is 0.201. The lowest BCUT2D eigenvalue weighted by Gasteiger charge is -2.08. The van der Waals surface area contributed by atoms with E-state index in [0.29, 0.717) is 24.7 Å². The van der Waals surface area contributed by atoms with Gasteiger partial charge in [0, 0.05) is 18.1 Å². The van der Waals surface area contributed by atoms with Crippen LogP contribution in [-0.4, -0.2) is 19.1 Å². The van der Waals surface area contributed by atoms with E-state index in [9.17, 15) is 4.79 Å². The summed E-state index contributed by atoms with van der Waals surface area (Å²) in [4.78, 5) is 11.3. The lowest BCUT2D eigenvalue weighted by molar-refractivity contribution is 0.240. The second kappa shape index (κ2) is 7.09. The summed E-state index contributed by atoms with van der Waals surface area (Å²) in [6.07, 6.45) is 0.777. The number of amides is 2. The normalized spacial score (nSPS) is 9.88. The Morgan fingerprint density at radius 3 is 2.75 bits per heavy atom. The van der Waals surface area contributed by atoms with Gasteiger partial charge in [-0.15, -0.1) is 0 Å². The quantitative estimate of drug-likeness (QED) is 0.684. The van der Waals surface area contributed by atoms with Crippen LogP contribution in [0.1, 0.15) is 12.0 Å². The van der Waals surface area contributed by atoms with Gasteiger partial charge in [-0.05, 0) is 24.6 Å². The molecular weight excluding hydrogens is 226 g/mol. The molecule has 0 aliphatic rings. The molecule has 1 rings (SSSR count). The SMILES string of the molecule is NCCCNC(=O)NCc1ccccc1Cl. The molecule has 88 valence electrons. The van der Waals surface area contributed by atoms with Crippen LogP contribution in [0.3, 0.4) is 0 Å². The first-order chi connectivity index (χ1) is 7.74. The summed E-state index contributed by atoms with van der Waals surface area (Å²) in [7, 11) is 0. The van der Waals surface area contributed by atoms with Gasteiger partial charge < -0.3 is 16.4 Å². The van der Waals surface area contributed by atoms with E-state index in [1.54, 1.807) is 6.07 Å². The summed E-state index contributed by atoms with van der Waals surface area (Å²) in [6, 6.07) is 7.21. The van der Waals surface area contributed by atoms with Crippen molar-refractivity contribution in [2.24, 2.45) is 5.73 Å². The van der Waals surface area contributed by atoms with E-state index in [-0.39, 0.29) is 6.03 Å². The molecule has 0 spiro atoms. The number of urea groups is 1. The number of rotatable bonds is 5. The van der Waals surface area contributed by atoms with Crippen LogP contribution in [0.5, 0.6) is 0 Å². The Kier molecular flexibility index (Phi) is 5.67. The molecule has 0 saturated carbocycles. The monoisotopic (exact) mass is 241 g/mol. The van der Waals surface area contributed by atoms with Gasteiger partial charge in [0.2, 0.25) is 0 Å². The van der Waals surface area contributed by atoms with Crippen molar-refractivity contribution in [3.63, 3.8) is 0 Å². The van der Waals surface area contributed by atoms with Gasteiger partial charge in [0.1, 0.15) is 0 Å². The first kappa shape index (κ1) is 12.8. The highest BCUT2D eigenvalue weighted by Crippen LogP contribution is 2.13. The number of benzene rings is 1. The highest BCUT2D eigenvalue weighted by atomic mass is 35.5. The summed E-state index contributed by atoms with van der Waals surface area (Å²) in [5, 5.41) is 6.08. The van der Waals surface area contributed by atoms with E-state index in [2.05, 4.69) is 10.6 Å². The molecule has 5 heteroatoms. The molecular formula is C11H16ClN3O.